The summed E-state index contributed by atoms with van der Waals surface area (Å²) in [5.41, 5.74) is -2.86. The van der Waals surface area contributed by atoms with Crippen molar-refractivity contribution >= 4 is 10.9 Å². The fourth-order valence-electron chi connectivity index (χ4n) is 3.70. The lowest BCUT2D eigenvalue weighted by Gasteiger charge is -2.17. The van der Waals surface area contributed by atoms with Gasteiger partial charge >= 0.3 is 6.18 Å². The van der Waals surface area contributed by atoms with E-state index in [-0.39, 0.29) is 34.3 Å². The van der Waals surface area contributed by atoms with E-state index in [1.54, 1.807) is 6.07 Å². The van der Waals surface area contributed by atoms with Crippen molar-refractivity contribution in [2.75, 3.05) is 7.11 Å². The van der Waals surface area contributed by atoms with E-state index in [2.05, 4.69) is 0 Å². The number of aromatic nitrogens is 1. The third-order valence-corrected chi connectivity index (χ3v) is 5.23. The third kappa shape index (κ3) is 4.06. The van der Waals surface area contributed by atoms with Crippen LogP contribution in [0.25, 0.3) is 22.0 Å². The molecule has 3 aromatic carbocycles. The highest BCUT2D eigenvalue weighted by molar-refractivity contribution is 5.88. The van der Waals surface area contributed by atoms with Crippen LogP contribution in [0.15, 0.2) is 65.6 Å². The Morgan fingerprint density at radius 1 is 0.939 bits per heavy atom. The number of ether oxygens (including phenoxy) is 1. The van der Waals surface area contributed by atoms with E-state index < -0.39 is 40.2 Å². The molecule has 33 heavy (non-hydrogen) atoms. The van der Waals surface area contributed by atoms with Crippen LogP contribution in [0, 0.1) is 17.5 Å². The Balaban J connectivity index is 2.03. The van der Waals surface area contributed by atoms with Crippen LogP contribution in [0.4, 0.5) is 26.3 Å². The Labute approximate surface area is 183 Å². The van der Waals surface area contributed by atoms with Gasteiger partial charge in [0, 0.05) is 29.0 Å². The number of pyridine rings is 1. The van der Waals surface area contributed by atoms with E-state index in [0.717, 1.165) is 24.4 Å². The molecule has 0 aliphatic carbocycles. The molecule has 0 spiro atoms. The summed E-state index contributed by atoms with van der Waals surface area (Å²) in [5, 5.41) is 0.0335. The highest BCUT2D eigenvalue weighted by Gasteiger charge is 2.35. The van der Waals surface area contributed by atoms with Crippen LogP contribution in [0.2, 0.25) is 0 Å². The lowest BCUT2D eigenvalue weighted by Crippen LogP contribution is -2.16. The summed E-state index contributed by atoms with van der Waals surface area (Å²) >= 11 is 0. The Hall–Kier alpha value is -3.75. The molecule has 0 aliphatic rings. The molecule has 4 aromatic rings. The predicted molar refractivity (Wildman–Crippen MR) is 111 cm³/mol. The number of para-hydroxylation sites is 1. The van der Waals surface area contributed by atoms with Crippen LogP contribution < -0.4 is 10.2 Å². The van der Waals surface area contributed by atoms with Gasteiger partial charge in [-0.25, -0.2) is 13.2 Å². The summed E-state index contributed by atoms with van der Waals surface area (Å²) in [6, 6.07) is 10.0. The summed E-state index contributed by atoms with van der Waals surface area (Å²) in [4.78, 5) is 13.2. The molecule has 4 rings (SSSR count). The molecule has 0 saturated heterocycles. The van der Waals surface area contributed by atoms with E-state index in [1.165, 1.54) is 29.9 Å². The zero-order valence-electron chi connectivity index (χ0n) is 17.0. The van der Waals surface area contributed by atoms with Gasteiger partial charge in [-0.15, -0.1) is 0 Å². The molecule has 1 heterocycles. The van der Waals surface area contributed by atoms with Gasteiger partial charge in [0.2, 0.25) is 0 Å². The number of nitrogens with zero attached hydrogens (tertiary/aromatic N) is 1. The van der Waals surface area contributed by atoms with Gasteiger partial charge < -0.3 is 9.30 Å². The van der Waals surface area contributed by atoms with Crippen LogP contribution in [0.3, 0.4) is 0 Å². The molecule has 0 fully saturated rings. The predicted octanol–water partition coefficient (Wildman–Crippen LogP) is 6.16. The molecule has 3 nitrogen and oxygen atoms in total. The number of benzene rings is 3. The van der Waals surface area contributed by atoms with Crippen molar-refractivity contribution in [3.05, 3.63) is 99.6 Å². The standard InChI is InChI=1S/C24H15F6NO2/c1-33-20-7-3-5-16-22(20)31(11-13-8-9-14(25)10-19(13)26)12-17(23(16)32)15-4-2-6-18(21(15)27)24(28,29)30/h2-10,12H,11H2,1H3. The minimum Gasteiger partial charge on any atom is -0.495 e. The Morgan fingerprint density at radius 2 is 1.67 bits per heavy atom. The molecule has 0 unspecified atom stereocenters. The van der Waals surface area contributed by atoms with Gasteiger partial charge in [-0.05, 0) is 24.3 Å². The molecule has 0 radical (unpaired) electrons. The number of halogens is 6. The molecule has 0 bridgehead atoms. The van der Waals surface area contributed by atoms with Crippen LogP contribution in [0.1, 0.15) is 11.1 Å². The monoisotopic (exact) mass is 463 g/mol. The molecule has 170 valence electrons. The maximum atomic E-state index is 14.9. The van der Waals surface area contributed by atoms with Gasteiger partial charge in [0.25, 0.3) is 0 Å². The molecular weight excluding hydrogens is 448 g/mol. The van der Waals surface area contributed by atoms with Crippen molar-refractivity contribution in [3.63, 3.8) is 0 Å². The summed E-state index contributed by atoms with van der Waals surface area (Å²) in [5.74, 6) is -3.00. The van der Waals surface area contributed by atoms with Gasteiger partial charge in [-0.2, -0.15) is 13.2 Å². The maximum absolute atomic E-state index is 14.9. The Bertz CT molecular complexity index is 1430. The first-order valence-corrected chi connectivity index (χ1v) is 9.62. The van der Waals surface area contributed by atoms with Crippen LogP contribution >= 0.6 is 0 Å². The smallest absolute Gasteiger partial charge is 0.419 e. The normalized spacial score (nSPS) is 11.7. The Kier molecular flexibility index (Phi) is 5.65. The minimum absolute atomic E-state index is 0.0335. The first kappa shape index (κ1) is 22.4. The molecule has 0 saturated carbocycles. The molecule has 0 amide bonds. The zero-order valence-corrected chi connectivity index (χ0v) is 17.0. The fraction of sp³-hybridized carbons (Fsp3) is 0.125. The van der Waals surface area contributed by atoms with Gasteiger partial charge in [0.1, 0.15) is 23.2 Å². The number of methoxy groups -OCH3 is 1. The lowest BCUT2D eigenvalue weighted by molar-refractivity contribution is -0.139. The zero-order chi connectivity index (χ0) is 23.9. The second kappa shape index (κ2) is 8.31. The highest BCUT2D eigenvalue weighted by atomic mass is 19.4. The van der Waals surface area contributed by atoms with Crippen molar-refractivity contribution in [2.45, 2.75) is 12.7 Å². The largest absolute Gasteiger partial charge is 0.495 e. The summed E-state index contributed by atoms with van der Waals surface area (Å²) in [6.45, 7) is -0.225. The van der Waals surface area contributed by atoms with Crippen LogP contribution in [0.5, 0.6) is 5.75 Å². The topological polar surface area (TPSA) is 31.2 Å². The van der Waals surface area contributed by atoms with Gasteiger partial charge in [0.05, 0.1) is 30.1 Å². The average molecular weight is 463 g/mol. The number of hydrogen-bond donors (Lipinski definition) is 0. The van der Waals surface area contributed by atoms with Crippen molar-refractivity contribution < 1.29 is 31.1 Å². The van der Waals surface area contributed by atoms with Crippen molar-refractivity contribution in [2.24, 2.45) is 0 Å². The van der Waals surface area contributed by atoms with Crippen molar-refractivity contribution in [1.82, 2.24) is 4.57 Å². The van der Waals surface area contributed by atoms with Crippen molar-refractivity contribution in [1.29, 1.82) is 0 Å². The SMILES string of the molecule is COc1cccc2c(=O)c(-c3cccc(C(F)(F)F)c3F)cn(Cc3ccc(F)cc3F)c12. The molecule has 0 aliphatic heterocycles. The van der Waals surface area contributed by atoms with E-state index in [0.29, 0.717) is 12.1 Å². The number of hydrogen-bond acceptors (Lipinski definition) is 2. The number of alkyl halides is 3. The molecule has 9 heteroatoms. The average Bonchev–Trinajstić information content (AvgIpc) is 2.76. The number of fused-ring (bicyclic) bond motifs is 1. The summed E-state index contributed by atoms with van der Waals surface area (Å²) in [6.07, 6.45) is -3.81. The summed E-state index contributed by atoms with van der Waals surface area (Å²) < 4.78 is 88.9. The quantitative estimate of drug-likeness (QED) is 0.340. The summed E-state index contributed by atoms with van der Waals surface area (Å²) in [7, 11) is 1.35. The minimum atomic E-state index is -4.96. The highest BCUT2D eigenvalue weighted by Crippen LogP contribution is 2.36. The maximum Gasteiger partial charge on any atom is 0.419 e. The third-order valence-electron chi connectivity index (χ3n) is 5.23. The van der Waals surface area contributed by atoms with E-state index in [4.69, 9.17) is 4.74 Å². The van der Waals surface area contributed by atoms with Crippen LogP contribution in [-0.4, -0.2) is 11.7 Å². The molecule has 1 aromatic heterocycles. The molecular formula is C24H15F6NO2. The van der Waals surface area contributed by atoms with Crippen LogP contribution in [-0.2, 0) is 12.7 Å². The van der Waals surface area contributed by atoms with Gasteiger partial charge in [-0.3, -0.25) is 4.79 Å². The van der Waals surface area contributed by atoms with Gasteiger partial charge in [0.15, 0.2) is 5.43 Å². The second-order valence-electron chi connectivity index (χ2n) is 7.26. The first-order chi connectivity index (χ1) is 15.6. The molecule has 0 atom stereocenters. The van der Waals surface area contributed by atoms with E-state index in [9.17, 15) is 31.1 Å². The van der Waals surface area contributed by atoms with Crippen molar-refractivity contribution in [3.8, 4) is 16.9 Å². The van der Waals surface area contributed by atoms with E-state index in [1.807, 2.05) is 0 Å². The fourth-order valence-corrected chi connectivity index (χ4v) is 3.70. The number of rotatable bonds is 4. The van der Waals surface area contributed by atoms with E-state index >= 15 is 0 Å². The molecule has 0 N–H and O–H groups in total. The second-order valence-corrected chi connectivity index (χ2v) is 7.26. The first-order valence-electron chi connectivity index (χ1n) is 9.62. The van der Waals surface area contributed by atoms with Gasteiger partial charge in [-0.1, -0.05) is 24.3 Å². The Morgan fingerprint density at radius 3 is 2.33 bits per heavy atom. The lowest BCUT2D eigenvalue weighted by atomic mass is 10.0.